The fraction of sp³-hybridized carbons (Fsp3) is 0.240. The molecule has 0 aliphatic carbocycles. The van der Waals surface area contributed by atoms with Gasteiger partial charge in [-0.15, -0.1) is 11.3 Å². The molecule has 33 heavy (non-hydrogen) atoms. The van der Waals surface area contributed by atoms with Crippen molar-refractivity contribution in [3.8, 4) is 11.5 Å². The summed E-state index contributed by atoms with van der Waals surface area (Å²) in [4.78, 5) is 33.5. The molecule has 0 bridgehead atoms. The maximum absolute atomic E-state index is 13.2. The molecule has 0 spiro atoms. The van der Waals surface area contributed by atoms with E-state index in [9.17, 15) is 4.79 Å². The number of piperazine rings is 1. The largest absolute Gasteiger partial charge is 0.361 e. The lowest BCUT2D eigenvalue weighted by Crippen LogP contribution is -2.54. The Hall–Kier alpha value is -3.65. The first-order valence-corrected chi connectivity index (χ1v) is 12.0. The van der Waals surface area contributed by atoms with Crippen LogP contribution in [0.2, 0.25) is 0 Å². The fourth-order valence-corrected chi connectivity index (χ4v) is 5.58. The van der Waals surface area contributed by atoms with Gasteiger partial charge in [-0.1, -0.05) is 30.3 Å². The minimum Gasteiger partial charge on any atom is -0.361 e. The second-order valence-electron chi connectivity index (χ2n) is 8.53. The van der Waals surface area contributed by atoms with E-state index in [4.69, 9.17) is 4.98 Å². The van der Waals surface area contributed by atoms with Gasteiger partial charge in [0.1, 0.15) is 10.7 Å². The molecule has 1 fully saturated rings. The molecule has 1 aliphatic heterocycles. The van der Waals surface area contributed by atoms with Crippen LogP contribution in [0.15, 0.2) is 60.2 Å². The van der Waals surface area contributed by atoms with Gasteiger partial charge in [0, 0.05) is 42.8 Å². The van der Waals surface area contributed by atoms with Crippen LogP contribution in [-0.2, 0) is 11.2 Å². The number of fused-ring (bicyclic) bond motifs is 2. The van der Waals surface area contributed by atoms with Gasteiger partial charge in [0.15, 0.2) is 5.82 Å². The second-order valence-corrected chi connectivity index (χ2v) is 9.36. The number of hydrogen-bond acceptors (Lipinski definition) is 5. The lowest BCUT2D eigenvalue weighted by Gasteiger charge is -2.40. The average Bonchev–Trinajstić information content (AvgIpc) is 3.57. The normalized spacial score (nSPS) is 16.7. The molecule has 1 atom stereocenters. The average molecular weight is 457 g/mol. The summed E-state index contributed by atoms with van der Waals surface area (Å²) in [5, 5.41) is 2.22. The Morgan fingerprint density at radius 1 is 1.12 bits per heavy atom. The molecule has 6 rings (SSSR count). The van der Waals surface area contributed by atoms with Crippen molar-refractivity contribution < 1.29 is 4.79 Å². The third-order valence-corrected chi connectivity index (χ3v) is 7.30. The summed E-state index contributed by atoms with van der Waals surface area (Å²) >= 11 is 1.62. The van der Waals surface area contributed by atoms with Crippen LogP contribution in [0.1, 0.15) is 12.5 Å². The molecule has 4 heterocycles. The first kappa shape index (κ1) is 20.0. The summed E-state index contributed by atoms with van der Waals surface area (Å²) in [6.07, 6.45) is 2.37. The molecule has 7 nitrogen and oxygen atoms in total. The highest BCUT2D eigenvalue weighted by molar-refractivity contribution is 7.14. The van der Waals surface area contributed by atoms with Gasteiger partial charge in [0.2, 0.25) is 5.91 Å². The number of amides is 1. The van der Waals surface area contributed by atoms with E-state index < -0.39 is 0 Å². The predicted molar refractivity (Wildman–Crippen MR) is 133 cm³/mol. The molecule has 166 valence electrons. The van der Waals surface area contributed by atoms with Crippen molar-refractivity contribution in [1.29, 1.82) is 0 Å². The Morgan fingerprint density at radius 2 is 1.94 bits per heavy atom. The zero-order valence-corrected chi connectivity index (χ0v) is 19.1. The number of thiazole rings is 1. The van der Waals surface area contributed by atoms with Gasteiger partial charge in [0.05, 0.1) is 23.0 Å². The van der Waals surface area contributed by atoms with Crippen molar-refractivity contribution in [2.24, 2.45) is 0 Å². The maximum atomic E-state index is 13.2. The minimum absolute atomic E-state index is 0.113. The molecule has 1 saturated heterocycles. The second kappa shape index (κ2) is 8.04. The van der Waals surface area contributed by atoms with E-state index in [1.54, 1.807) is 11.3 Å². The number of para-hydroxylation sites is 3. The number of aromatic nitrogens is 4. The van der Waals surface area contributed by atoms with Crippen molar-refractivity contribution in [1.82, 2.24) is 24.8 Å². The number of anilines is 1. The molecule has 0 saturated carbocycles. The Kier molecular flexibility index (Phi) is 4.87. The highest BCUT2D eigenvalue weighted by Gasteiger charge is 2.30. The van der Waals surface area contributed by atoms with Gasteiger partial charge < -0.3 is 19.8 Å². The van der Waals surface area contributed by atoms with Crippen LogP contribution in [0.25, 0.3) is 33.5 Å². The lowest BCUT2D eigenvalue weighted by atomic mass is 10.1. The summed E-state index contributed by atoms with van der Waals surface area (Å²) in [5.41, 5.74) is 6.82. The van der Waals surface area contributed by atoms with Crippen LogP contribution in [-0.4, -0.2) is 56.4 Å². The first-order chi connectivity index (χ1) is 16.2. The number of aromatic amines is 2. The zero-order chi connectivity index (χ0) is 22.4. The van der Waals surface area contributed by atoms with Gasteiger partial charge in [-0.2, -0.15) is 0 Å². The fourth-order valence-electron chi connectivity index (χ4n) is 4.75. The highest BCUT2D eigenvalue weighted by Crippen LogP contribution is 2.34. The van der Waals surface area contributed by atoms with E-state index in [1.165, 1.54) is 0 Å². The van der Waals surface area contributed by atoms with Gasteiger partial charge in [-0.25, -0.2) is 9.97 Å². The molecule has 8 heteroatoms. The van der Waals surface area contributed by atoms with Crippen LogP contribution in [0.4, 0.5) is 5.00 Å². The standard InChI is InChI=1S/C25H24N6OS/c1-16-14-30(25-23(27-15-33-25)24-28-20-8-4-5-9-21(20)29-24)10-11-31(16)22(32)12-17-13-26-19-7-3-2-6-18(17)19/h2-9,13,15-16,26H,10-12,14H2,1H3,(H,28,29)/t16-/m1/s1. The number of nitrogens with zero attached hydrogens (tertiary/aromatic N) is 4. The number of benzene rings is 2. The Morgan fingerprint density at radius 3 is 2.79 bits per heavy atom. The summed E-state index contributed by atoms with van der Waals surface area (Å²) in [6.45, 7) is 4.37. The summed E-state index contributed by atoms with van der Waals surface area (Å²) in [6, 6.07) is 16.3. The van der Waals surface area contributed by atoms with E-state index in [-0.39, 0.29) is 11.9 Å². The number of carbonyl (C=O) groups is 1. The number of imidazole rings is 1. The van der Waals surface area contributed by atoms with Crippen molar-refractivity contribution in [2.75, 3.05) is 24.5 Å². The Labute approximate surface area is 195 Å². The highest BCUT2D eigenvalue weighted by atomic mass is 32.1. The van der Waals surface area contributed by atoms with Gasteiger partial charge in [-0.3, -0.25) is 4.79 Å². The van der Waals surface area contributed by atoms with Crippen molar-refractivity contribution in [3.05, 3.63) is 65.8 Å². The summed E-state index contributed by atoms with van der Waals surface area (Å²) in [7, 11) is 0. The molecule has 1 aliphatic rings. The van der Waals surface area contributed by atoms with E-state index in [0.717, 1.165) is 57.1 Å². The number of rotatable bonds is 4. The van der Waals surface area contributed by atoms with E-state index in [2.05, 4.69) is 32.8 Å². The zero-order valence-electron chi connectivity index (χ0n) is 18.3. The van der Waals surface area contributed by atoms with Crippen LogP contribution >= 0.6 is 11.3 Å². The molecule has 2 aromatic carbocycles. The van der Waals surface area contributed by atoms with Crippen molar-refractivity contribution in [2.45, 2.75) is 19.4 Å². The van der Waals surface area contributed by atoms with Crippen LogP contribution in [0.3, 0.4) is 0 Å². The van der Waals surface area contributed by atoms with Crippen LogP contribution in [0.5, 0.6) is 0 Å². The topological polar surface area (TPSA) is 80.9 Å². The van der Waals surface area contributed by atoms with Gasteiger partial charge in [0.25, 0.3) is 0 Å². The molecular weight excluding hydrogens is 432 g/mol. The van der Waals surface area contributed by atoms with E-state index in [0.29, 0.717) is 13.0 Å². The van der Waals surface area contributed by atoms with E-state index >= 15 is 0 Å². The van der Waals surface area contributed by atoms with Gasteiger partial charge >= 0.3 is 0 Å². The van der Waals surface area contributed by atoms with Gasteiger partial charge in [-0.05, 0) is 30.7 Å². The number of hydrogen-bond donors (Lipinski definition) is 2. The molecule has 1 amide bonds. The molecule has 0 unspecified atom stereocenters. The monoisotopic (exact) mass is 456 g/mol. The Bertz CT molecular complexity index is 1420. The predicted octanol–water partition coefficient (Wildman–Crippen LogP) is 4.45. The van der Waals surface area contributed by atoms with Crippen molar-refractivity contribution >= 4 is 44.2 Å². The van der Waals surface area contributed by atoms with Crippen LogP contribution < -0.4 is 4.90 Å². The lowest BCUT2D eigenvalue weighted by molar-refractivity contribution is -0.132. The smallest absolute Gasteiger partial charge is 0.227 e. The third-order valence-electron chi connectivity index (χ3n) is 6.41. The summed E-state index contributed by atoms with van der Waals surface area (Å²) in [5.74, 6) is 0.965. The number of nitrogens with one attached hydrogen (secondary N) is 2. The van der Waals surface area contributed by atoms with Crippen molar-refractivity contribution in [3.63, 3.8) is 0 Å². The van der Waals surface area contributed by atoms with Crippen LogP contribution in [0, 0.1) is 0 Å². The first-order valence-electron chi connectivity index (χ1n) is 11.2. The van der Waals surface area contributed by atoms with E-state index in [1.807, 2.05) is 59.1 Å². The minimum atomic E-state index is 0.113. The molecule has 0 radical (unpaired) electrons. The number of carbonyl (C=O) groups excluding carboxylic acids is 1. The summed E-state index contributed by atoms with van der Waals surface area (Å²) < 4.78 is 0. The Balaban J connectivity index is 1.19. The molecule has 2 N–H and O–H groups in total. The molecule has 5 aromatic rings. The maximum Gasteiger partial charge on any atom is 0.227 e. The number of H-pyrrole nitrogens is 2. The SMILES string of the molecule is C[C@@H]1CN(c2scnc2-c2nc3ccccc3[nH]2)CCN1C(=O)Cc1c[nH]c2ccccc12. The molecule has 3 aromatic heterocycles. The third kappa shape index (κ3) is 3.56. The molecular formula is C25H24N6OS. The quantitative estimate of drug-likeness (QED) is 0.419.